The van der Waals surface area contributed by atoms with Gasteiger partial charge in [-0.2, -0.15) is 10.1 Å². The second-order valence-corrected chi connectivity index (χ2v) is 8.89. The van der Waals surface area contributed by atoms with E-state index < -0.39 is 17.0 Å². The summed E-state index contributed by atoms with van der Waals surface area (Å²) in [5, 5.41) is 10.4. The molecule has 1 unspecified atom stereocenters. The van der Waals surface area contributed by atoms with Gasteiger partial charge >= 0.3 is 0 Å². The summed E-state index contributed by atoms with van der Waals surface area (Å²) in [4.78, 5) is 38.1. The van der Waals surface area contributed by atoms with E-state index in [9.17, 15) is 18.8 Å². The minimum absolute atomic E-state index is 0.00951. The molecule has 0 spiro atoms. The number of thioether (sulfide) groups is 1. The van der Waals surface area contributed by atoms with Gasteiger partial charge in [-0.05, 0) is 49.4 Å². The summed E-state index contributed by atoms with van der Waals surface area (Å²) in [5.41, 5.74) is 1.06. The van der Waals surface area contributed by atoms with Crippen LogP contribution in [-0.4, -0.2) is 28.8 Å². The smallest absolute Gasteiger partial charge is 0.258 e. The molecule has 3 aromatic carbocycles. The predicted molar refractivity (Wildman–Crippen MR) is 130 cm³/mol. The van der Waals surface area contributed by atoms with E-state index >= 15 is 0 Å². The van der Waals surface area contributed by atoms with Crippen LogP contribution < -0.4 is 15.6 Å². The van der Waals surface area contributed by atoms with Crippen LogP contribution in [0.4, 0.5) is 15.8 Å². The molecule has 4 rings (SSSR count). The van der Waals surface area contributed by atoms with Crippen LogP contribution >= 0.6 is 11.8 Å². The first-order valence-corrected chi connectivity index (χ1v) is 11.4. The minimum atomic E-state index is -0.602. The number of nitrogens with one attached hydrogen (secondary N) is 2. The Morgan fingerprint density at radius 2 is 1.74 bits per heavy atom. The van der Waals surface area contributed by atoms with Gasteiger partial charge in [0.05, 0.1) is 22.9 Å². The molecule has 0 bridgehead atoms. The van der Waals surface area contributed by atoms with E-state index in [1.165, 1.54) is 35.0 Å². The highest BCUT2D eigenvalue weighted by Gasteiger charge is 2.27. The van der Waals surface area contributed by atoms with Crippen LogP contribution in [0.25, 0.3) is 0 Å². The highest BCUT2D eigenvalue weighted by molar-refractivity contribution is 8.00. The number of nitrogens with zero attached hydrogens (tertiary/aromatic N) is 2. The average molecular weight is 477 g/mol. The van der Waals surface area contributed by atoms with E-state index in [1.807, 2.05) is 6.07 Å². The molecule has 172 valence electrons. The molecule has 9 heteroatoms. The first-order chi connectivity index (χ1) is 16.4. The van der Waals surface area contributed by atoms with Crippen LogP contribution in [0.15, 0.2) is 88.9 Å². The number of amidine groups is 1. The summed E-state index contributed by atoms with van der Waals surface area (Å²) in [7, 11) is 0. The Labute approximate surface area is 200 Å². The molecule has 34 heavy (non-hydrogen) atoms. The zero-order valence-corrected chi connectivity index (χ0v) is 19.0. The van der Waals surface area contributed by atoms with E-state index in [1.54, 1.807) is 61.5 Å². The molecule has 3 amide bonds. The summed E-state index contributed by atoms with van der Waals surface area (Å²) < 4.78 is 13.9. The number of hydrogen-bond donors (Lipinski definition) is 2. The van der Waals surface area contributed by atoms with Crippen LogP contribution in [-0.2, 0) is 9.59 Å². The van der Waals surface area contributed by atoms with Gasteiger partial charge in [0.15, 0.2) is 0 Å². The van der Waals surface area contributed by atoms with E-state index in [4.69, 9.17) is 0 Å². The van der Waals surface area contributed by atoms with Crippen molar-refractivity contribution in [2.75, 3.05) is 10.3 Å². The summed E-state index contributed by atoms with van der Waals surface area (Å²) in [5.74, 6) is -1.39. The van der Waals surface area contributed by atoms with Gasteiger partial charge in [0.25, 0.3) is 11.8 Å². The number of halogens is 1. The zero-order chi connectivity index (χ0) is 24.1. The summed E-state index contributed by atoms with van der Waals surface area (Å²) >= 11 is 1.28. The van der Waals surface area contributed by atoms with Gasteiger partial charge < -0.3 is 10.6 Å². The molecule has 3 aromatic rings. The molecule has 0 radical (unpaired) electrons. The van der Waals surface area contributed by atoms with Gasteiger partial charge in [0.2, 0.25) is 5.91 Å². The fraction of sp³-hybridized carbons (Fsp3) is 0.120. The number of hydrazone groups is 1. The molecule has 0 aliphatic carbocycles. The molecule has 1 heterocycles. The van der Waals surface area contributed by atoms with E-state index in [0.717, 1.165) is 4.90 Å². The maximum absolute atomic E-state index is 13.9. The van der Waals surface area contributed by atoms with Crippen molar-refractivity contribution in [1.29, 1.82) is 0 Å². The summed E-state index contributed by atoms with van der Waals surface area (Å²) in [6.45, 7) is 1.73. The number of hydrogen-bond acceptors (Lipinski definition) is 5. The Morgan fingerprint density at radius 3 is 2.50 bits per heavy atom. The van der Waals surface area contributed by atoms with Crippen LogP contribution in [0.3, 0.4) is 0 Å². The SMILES string of the molecule is CC(Sc1cccc(NC(=O)c2ccccc2F)c1)C(=O)NC1=NN(c2ccccc2)C(=O)C1. The highest BCUT2D eigenvalue weighted by atomic mass is 32.2. The molecule has 0 saturated heterocycles. The maximum atomic E-state index is 13.9. The minimum Gasteiger partial charge on any atom is -0.322 e. The molecule has 1 aliphatic heterocycles. The Balaban J connectivity index is 1.37. The van der Waals surface area contributed by atoms with Crippen molar-refractivity contribution in [3.05, 3.63) is 90.2 Å². The van der Waals surface area contributed by atoms with Crippen LogP contribution in [0.1, 0.15) is 23.7 Å². The Hall–Kier alpha value is -3.98. The summed E-state index contributed by atoms with van der Waals surface area (Å²) in [6.07, 6.45) is 0.00951. The third-order valence-corrected chi connectivity index (χ3v) is 6.03. The predicted octanol–water partition coefficient (Wildman–Crippen LogP) is 4.43. The number of carbonyl (C=O) groups excluding carboxylic acids is 3. The van der Waals surface area contributed by atoms with Gasteiger partial charge in [0.1, 0.15) is 11.7 Å². The fourth-order valence-corrected chi connectivity index (χ4v) is 4.19. The molecular formula is C25H21FN4O3S. The lowest BCUT2D eigenvalue weighted by molar-refractivity contribution is -0.118. The quantitative estimate of drug-likeness (QED) is 0.515. The molecule has 7 nitrogen and oxygen atoms in total. The van der Waals surface area contributed by atoms with Gasteiger partial charge in [0, 0.05) is 10.6 Å². The molecule has 1 aliphatic rings. The number of amides is 3. The highest BCUT2D eigenvalue weighted by Crippen LogP contribution is 2.27. The second kappa shape index (κ2) is 10.3. The van der Waals surface area contributed by atoms with Crippen molar-refractivity contribution in [1.82, 2.24) is 5.32 Å². The Bertz CT molecular complexity index is 1270. The van der Waals surface area contributed by atoms with Crippen molar-refractivity contribution in [3.8, 4) is 0 Å². The van der Waals surface area contributed by atoms with Crippen molar-refractivity contribution in [2.24, 2.45) is 5.10 Å². The number of para-hydroxylation sites is 1. The van der Waals surface area contributed by atoms with Crippen molar-refractivity contribution >= 4 is 46.7 Å². The van der Waals surface area contributed by atoms with Gasteiger partial charge in [-0.15, -0.1) is 11.8 Å². The monoisotopic (exact) mass is 476 g/mol. The number of anilines is 2. The lowest BCUT2D eigenvalue weighted by Gasteiger charge is -2.13. The Kier molecular flexibility index (Phi) is 7.03. The average Bonchev–Trinajstić information content (AvgIpc) is 3.19. The number of rotatable bonds is 6. The van der Waals surface area contributed by atoms with Gasteiger partial charge in [-0.25, -0.2) is 4.39 Å². The molecule has 0 aromatic heterocycles. The van der Waals surface area contributed by atoms with Crippen molar-refractivity contribution in [2.45, 2.75) is 23.5 Å². The maximum Gasteiger partial charge on any atom is 0.258 e. The standard InChI is InChI=1S/C25H21FN4O3S/c1-16(24(32)28-22-15-23(31)30(29-22)18-9-3-2-4-10-18)34-19-11-7-8-17(14-19)27-25(33)20-12-5-6-13-21(20)26/h2-14,16H,15H2,1H3,(H,27,33)(H,28,29,32). The third-order valence-electron chi connectivity index (χ3n) is 4.94. The molecule has 0 saturated carbocycles. The lowest BCUT2D eigenvalue weighted by atomic mass is 10.2. The zero-order valence-electron chi connectivity index (χ0n) is 18.2. The van der Waals surface area contributed by atoms with Crippen LogP contribution in [0.2, 0.25) is 0 Å². The van der Waals surface area contributed by atoms with Gasteiger partial charge in [-0.1, -0.05) is 36.4 Å². The number of benzene rings is 3. The van der Waals surface area contributed by atoms with Crippen molar-refractivity contribution < 1.29 is 18.8 Å². The van der Waals surface area contributed by atoms with E-state index in [0.29, 0.717) is 11.4 Å². The first kappa shape index (κ1) is 23.2. The molecule has 2 N–H and O–H groups in total. The fourth-order valence-electron chi connectivity index (χ4n) is 3.26. The van der Waals surface area contributed by atoms with Crippen LogP contribution in [0, 0.1) is 5.82 Å². The second-order valence-electron chi connectivity index (χ2n) is 7.48. The molecule has 1 atom stereocenters. The van der Waals surface area contributed by atoms with E-state index in [2.05, 4.69) is 15.7 Å². The summed E-state index contributed by atoms with van der Waals surface area (Å²) in [6, 6.07) is 21.7. The normalized spacial score (nSPS) is 13.9. The first-order valence-electron chi connectivity index (χ1n) is 10.5. The lowest BCUT2D eigenvalue weighted by Crippen LogP contribution is -2.35. The Morgan fingerprint density at radius 1 is 1.00 bits per heavy atom. The molecule has 0 fully saturated rings. The van der Waals surface area contributed by atoms with Crippen LogP contribution in [0.5, 0.6) is 0 Å². The molecular weight excluding hydrogens is 455 g/mol. The van der Waals surface area contributed by atoms with Gasteiger partial charge in [-0.3, -0.25) is 14.4 Å². The number of carbonyl (C=O) groups is 3. The van der Waals surface area contributed by atoms with Crippen molar-refractivity contribution in [3.63, 3.8) is 0 Å². The van der Waals surface area contributed by atoms with E-state index in [-0.39, 0.29) is 29.6 Å². The largest absolute Gasteiger partial charge is 0.322 e. The third kappa shape index (κ3) is 5.49. The topological polar surface area (TPSA) is 90.9 Å².